The molecule has 22 heavy (non-hydrogen) atoms. The second-order valence-corrected chi connectivity index (χ2v) is 5.16. The molecule has 4 heteroatoms. The van der Waals surface area contributed by atoms with E-state index < -0.39 is 0 Å². The summed E-state index contributed by atoms with van der Waals surface area (Å²) >= 11 is 0. The third-order valence-corrected chi connectivity index (χ3v) is 3.23. The smallest absolute Gasteiger partial charge is 0.255 e. The van der Waals surface area contributed by atoms with Crippen molar-refractivity contribution in [2.45, 2.75) is 20.3 Å². The summed E-state index contributed by atoms with van der Waals surface area (Å²) in [5.74, 6) is -0.388. The molecule has 0 aliphatic rings. The summed E-state index contributed by atoms with van der Waals surface area (Å²) in [5.41, 5.74) is 2.82. The second kappa shape index (κ2) is 7.41. The number of hydrogen-bond acceptors (Lipinski definition) is 2. The Morgan fingerprint density at radius 3 is 2.23 bits per heavy atom. The van der Waals surface area contributed by atoms with Crippen molar-refractivity contribution in [3.8, 4) is 0 Å². The van der Waals surface area contributed by atoms with Gasteiger partial charge >= 0.3 is 0 Å². The minimum atomic E-state index is -0.228. The summed E-state index contributed by atoms with van der Waals surface area (Å²) in [6.07, 6.45) is 0.874. The van der Waals surface area contributed by atoms with Gasteiger partial charge in [0, 0.05) is 23.4 Å². The van der Waals surface area contributed by atoms with Gasteiger partial charge in [-0.25, -0.2) is 0 Å². The number of nitrogens with one attached hydrogen (secondary N) is 2. The van der Waals surface area contributed by atoms with Gasteiger partial charge in [0.15, 0.2) is 0 Å². The lowest BCUT2D eigenvalue weighted by molar-refractivity contribution is 0.0953. The summed E-state index contributed by atoms with van der Waals surface area (Å²) in [6.45, 7) is 4.61. The number of anilines is 1. The zero-order valence-electron chi connectivity index (χ0n) is 12.8. The molecule has 0 aliphatic heterocycles. The van der Waals surface area contributed by atoms with Gasteiger partial charge in [0.05, 0.1) is 0 Å². The summed E-state index contributed by atoms with van der Waals surface area (Å²) < 4.78 is 0. The first-order chi connectivity index (χ1) is 10.6. The van der Waals surface area contributed by atoms with E-state index in [1.165, 1.54) is 0 Å². The minimum absolute atomic E-state index is 0.160. The summed E-state index contributed by atoms with van der Waals surface area (Å²) in [6, 6.07) is 14.3. The van der Waals surface area contributed by atoms with Crippen LogP contribution < -0.4 is 10.6 Å². The van der Waals surface area contributed by atoms with Crippen molar-refractivity contribution in [3.63, 3.8) is 0 Å². The fourth-order valence-electron chi connectivity index (χ4n) is 1.98. The molecule has 0 spiro atoms. The van der Waals surface area contributed by atoms with Crippen molar-refractivity contribution in [3.05, 3.63) is 65.2 Å². The van der Waals surface area contributed by atoms with Gasteiger partial charge < -0.3 is 10.6 Å². The van der Waals surface area contributed by atoms with Gasteiger partial charge in [-0.1, -0.05) is 30.7 Å². The lowest BCUT2D eigenvalue weighted by Crippen LogP contribution is -2.24. The molecule has 0 saturated carbocycles. The van der Waals surface area contributed by atoms with E-state index in [0.29, 0.717) is 17.7 Å². The Morgan fingerprint density at radius 2 is 1.59 bits per heavy atom. The number of amides is 2. The van der Waals surface area contributed by atoms with E-state index in [1.807, 2.05) is 38.1 Å². The van der Waals surface area contributed by atoms with E-state index >= 15 is 0 Å². The molecule has 0 aliphatic carbocycles. The molecule has 0 bridgehead atoms. The van der Waals surface area contributed by atoms with Crippen molar-refractivity contribution in [2.75, 3.05) is 11.9 Å². The molecule has 2 N–H and O–H groups in total. The van der Waals surface area contributed by atoms with E-state index in [-0.39, 0.29) is 11.8 Å². The molecule has 2 aromatic rings. The van der Waals surface area contributed by atoms with Crippen LogP contribution in [0, 0.1) is 6.92 Å². The first kappa shape index (κ1) is 15.8. The average molecular weight is 296 g/mol. The van der Waals surface area contributed by atoms with Crippen LogP contribution in [0.2, 0.25) is 0 Å². The van der Waals surface area contributed by atoms with Gasteiger partial charge in [-0.3, -0.25) is 9.59 Å². The second-order valence-electron chi connectivity index (χ2n) is 5.16. The Balaban J connectivity index is 2.09. The maximum Gasteiger partial charge on any atom is 0.255 e. The van der Waals surface area contributed by atoms with Crippen LogP contribution in [-0.2, 0) is 0 Å². The monoisotopic (exact) mass is 296 g/mol. The topological polar surface area (TPSA) is 58.2 Å². The largest absolute Gasteiger partial charge is 0.352 e. The van der Waals surface area contributed by atoms with Crippen LogP contribution in [0.15, 0.2) is 48.5 Å². The van der Waals surface area contributed by atoms with Crippen molar-refractivity contribution >= 4 is 17.5 Å². The van der Waals surface area contributed by atoms with Crippen LogP contribution in [0.25, 0.3) is 0 Å². The standard InChI is InChI=1S/C18H20N2O2/c1-3-11-19-17(21)14-5-4-6-15(12-14)18(22)20-16-9-7-13(2)8-10-16/h4-10,12H,3,11H2,1-2H3,(H,19,21)(H,20,22). The molecule has 0 heterocycles. The van der Waals surface area contributed by atoms with E-state index in [4.69, 9.17) is 0 Å². The van der Waals surface area contributed by atoms with E-state index in [2.05, 4.69) is 10.6 Å². The SMILES string of the molecule is CCCNC(=O)c1cccc(C(=O)Nc2ccc(C)cc2)c1. The van der Waals surface area contributed by atoms with Crippen molar-refractivity contribution in [2.24, 2.45) is 0 Å². The van der Waals surface area contributed by atoms with Gasteiger partial charge in [-0.15, -0.1) is 0 Å². The zero-order chi connectivity index (χ0) is 15.9. The molecule has 4 nitrogen and oxygen atoms in total. The van der Waals surface area contributed by atoms with Crippen molar-refractivity contribution in [1.82, 2.24) is 5.32 Å². The number of carbonyl (C=O) groups is 2. The number of rotatable bonds is 5. The fourth-order valence-corrected chi connectivity index (χ4v) is 1.98. The molecule has 2 aromatic carbocycles. The molecular weight excluding hydrogens is 276 g/mol. The number of carbonyl (C=O) groups excluding carboxylic acids is 2. The summed E-state index contributed by atoms with van der Waals surface area (Å²) in [5, 5.41) is 5.62. The molecule has 2 rings (SSSR count). The summed E-state index contributed by atoms with van der Waals surface area (Å²) in [7, 11) is 0. The predicted molar refractivity (Wildman–Crippen MR) is 88.2 cm³/mol. The summed E-state index contributed by atoms with van der Waals surface area (Å²) in [4.78, 5) is 24.2. The molecule has 2 amide bonds. The van der Waals surface area contributed by atoms with Crippen LogP contribution in [0.4, 0.5) is 5.69 Å². The molecule has 0 saturated heterocycles. The van der Waals surface area contributed by atoms with E-state index in [9.17, 15) is 9.59 Å². The van der Waals surface area contributed by atoms with Gasteiger partial charge in [-0.05, 0) is 43.7 Å². The quantitative estimate of drug-likeness (QED) is 0.888. The Kier molecular flexibility index (Phi) is 5.31. The molecule has 0 fully saturated rings. The molecule has 0 unspecified atom stereocenters. The van der Waals surface area contributed by atoms with Crippen molar-refractivity contribution < 1.29 is 9.59 Å². The highest BCUT2D eigenvalue weighted by molar-refractivity contribution is 6.06. The predicted octanol–water partition coefficient (Wildman–Crippen LogP) is 3.39. The molecular formula is C18H20N2O2. The Morgan fingerprint density at radius 1 is 0.955 bits per heavy atom. The number of hydrogen-bond donors (Lipinski definition) is 2. The number of aryl methyl sites for hydroxylation is 1. The fraction of sp³-hybridized carbons (Fsp3) is 0.222. The average Bonchev–Trinajstić information content (AvgIpc) is 2.54. The highest BCUT2D eigenvalue weighted by atomic mass is 16.2. The van der Waals surface area contributed by atoms with Crippen LogP contribution in [0.5, 0.6) is 0 Å². The lowest BCUT2D eigenvalue weighted by Gasteiger charge is -2.08. The Bertz CT molecular complexity index is 663. The van der Waals surface area contributed by atoms with Crippen molar-refractivity contribution in [1.29, 1.82) is 0 Å². The third kappa shape index (κ3) is 4.19. The third-order valence-electron chi connectivity index (χ3n) is 3.23. The van der Waals surface area contributed by atoms with E-state index in [1.54, 1.807) is 24.3 Å². The molecule has 0 atom stereocenters. The first-order valence-corrected chi connectivity index (χ1v) is 7.36. The minimum Gasteiger partial charge on any atom is -0.352 e. The maximum absolute atomic E-state index is 12.2. The van der Waals surface area contributed by atoms with Gasteiger partial charge in [-0.2, -0.15) is 0 Å². The highest BCUT2D eigenvalue weighted by Crippen LogP contribution is 2.12. The van der Waals surface area contributed by atoms with Crippen LogP contribution in [-0.4, -0.2) is 18.4 Å². The Hall–Kier alpha value is -2.62. The molecule has 0 radical (unpaired) electrons. The van der Waals surface area contributed by atoms with Gasteiger partial charge in [0.25, 0.3) is 11.8 Å². The van der Waals surface area contributed by atoms with Crippen LogP contribution in [0.1, 0.15) is 39.6 Å². The highest BCUT2D eigenvalue weighted by Gasteiger charge is 2.10. The van der Waals surface area contributed by atoms with Crippen LogP contribution >= 0.6 is 0 Å². The van der Waals surface area contributed by atoms with Gasteiger partial charge in [0.1, 0.15) is 0 Å². The number of benzene rings is 2. The first-order valence-electron chi connectivity index (χ1n) is 7.36. The van der Waals surface area contributed by atoms with Crippen LogP contribution in [0.3, 0.4) is 0 Å². The molecule has 114 valence electrons. The van der Waals surface area contributed by atoms with Gasteiger partial charge in [0.2, 0.25) is 0 Å². The molecule has 0 aromatic heterocycles. The normalized spacial score (nSPS) is 10.1. The van der Waals surface area contributed by atoms with E-state index in [0.717, 1.165) is 17.7 Å². The zero-order valence-corrected chi connectivity index (χ0v) is 12.8. The maximum atomic E-state index is 12.2. The lowest BCUT2D eigenvalue weighted by atomic mass is 10.1. The Labute approximate surface area is 130 Å².